The van der Waals surface area contributed by atoms with Crippen LogP contribution in [0.2, 0.25) is 0 Å². The Balaban J connectivity index is 1.88. The predicted molar refractivity (Wildman–Crippen MR) is 87.7 cm³/mol. The van der Waals surface area contributed by atoms with E-state index in [4.69, 9.17) is 16.6 Å². The summed E-state index contributed by atoms with van der Waals surface area (Å²) in [5.74, 6) is 0.955. The van der Waals surface area contributed by atoms with Crippen molar-refractivity contribution in [3.63, 3.8) is 0 Å². The van der Waals surface area contributed by atoms with E-state index in [9.17, 15) is 0 Å². The molecule has 4 heterocycles. The van der Waals surface area contributed by atoms with E-state index >= 15 is 0 Å². The molecule has 2 fully saturated rings. The maximum Gasteiger partial charge on any atom is 0.160 e. The third-order valence-electron chi connectivity index (χ3n) is 4.78. The number of alkyl halides is 1. The molecule has 4 rings (SSSR count). The van der Waals surface area contributed by atoms with Crippen LogP contribution in [0, 0.1) is 0 Å². The minimum atomic E-state index is -0.103. The van der Waals surface area contributed by atoms with Crippen LogP contribution in [0.1, 0.15) is 43.4 Å². The van der Waals surface area contributed by atoms with Crippen LogP contribution in [0.4, 0.5) is 0 Å². The number of fused-ring (bicyclic) bond motifs is 2. The SMILES string of the molecule is CC(Cl)c1nc2cc(Br)cnc2n1C1CCN2CCCC12. The highest BCUT2D eigenvalue weighted by atomic mass is 79.9. The number of nitrogens with zero attached hydrogens (tertiary/aromatic N) is 4. The van der Waals surface area contributed by atoms with Crippen LogP contribution in [-0.2, 0) is 0 Å². The summed E-state index contributed by atoms with van der Waals surface area (Å²) in [5.41, 5.74) is 1.91. The highest BCUT2D eigenvalue weighted by Crippen LogP contribution is 2.40. The van der Waals surface area contributed by atoms with Gasteiger partial charge in [0.25, 0.3) is 0 Å². The smallest absolute Gasteiger partial charge is 0.160 e. The van der Waals surface area contributed by atoms with Crippen LogP contribution < -0.4 is 0 Å². The molecule has 2 aromatic heterocycles. The number of rotatable bonds is 2. The standard InChI is InChI=1S/C15H18BrClN4/c1-9(17)14-19-11-7-10(16)8-18-15(11)21(14)13-4-6-20-5-2-3-12(13)20/h7-9,12-13H,2-6H2,1H3. The molecule has 4 nitrogen and oxygen atoms in total. The van der Waals surface area contributed by atoms with Gasteiger partial charge in [-0.2, -0.15) is 0 Å². The topological polar surface area (TPSA) is 34.0 Å². The summed E-state index contributed by atoms with van der Waals surface area (Å²) in [6.45, 7) is 4.41. The molecule has 0 spiro atoms. The summed E-state index contributed by atoms with van der Waals surface area (Å²) in [6.07, 6.45) is 5.60. The van der Waals surface area contributed by atoms with Gasteiger partial charge in [-0.1, -0.05) is 0 Å². The Bertz CT molecular complexity index is 684. The van der Waals surface area contributed by atoms with Gasteiger partial charge in [-0.25, -0.2) is 9.97 Å². The fourth-order valence-electron chi connectivity index (χ4n) is 3.94. The van der Waals surface area contributed by atoms with Gasteiger partial charge in [0.1, 0.15) is 11.3 Å². The van der Waals surface area contributed by atoms with Crippen LogP contribution in [-0.4, -0.2) is 38.6 Å². The molecule has 0 amide bonds. The highest BCUT2D eigenvalue weighted by Gasteiger charge is 2.40. The summed E-state index contributed by atoms with van der Waals surface area (Å²) in [6, 6.07) is 3.12. The molecule has 0 saturated carbocycles. The monoisotopic (exact) mass is 368 g/mol. The van der Waals surface area contributed by atoms with Crippen LogP contribution in [0.25, 0.3) is 11.2 Å². The van der Waals surface area contributed by atoms with Gasteiger partial charge in [-0.05, 0) is 54.7 Å². The zero-order chi connectivity index (χ0) is 14.6. The zero-order valence-electron chi connectivity index (χ0n) is 12.0. The predicted octanol–water partition coefficient (Wildman–Crippen LogP) is 3.90. The number of hydrogen-bond donors (Lipinski definition) is 0. The number of imidazole rings is 1. The lowest BCUT2D eigenvalue weighted by molar-refractivity contribution is 0.289. The fraction of sp³-hybridized carbons (Fsp3) is 0.600. The molecule has 3 atom stereocenters. The Morgan fingerprint density at radius 3 is 3.00 bits per heavy atom. The fourth-order valence-corrected chi connectivity index (χ4v) is 4.41. The molecule has 2 saturated heterocycles. The van der Waals surface area contributed by atoms with Crippen LogP contribution in [0.3, 0.4) is 0 Å². The van der Waals surface area contributed by atoms with E-state index in [0.29, 0.717) is 12.1 Å². The number of hydrogen-bond acceptors (Lipinski definition) is 3. The van der Waals surface area contributed by atoms with Gasteiger partial charge in [0.05, 0.1) is 11.4 Å². The quantitative estimate of drug-likeness (QED) is 0.753. The zero-order valence-corrected chi connectivity index (χ0v) is 14.3. The molecule has 21 heavy (non-hydrogen) atoms. The Kier molecular flexibility index (Phi) is 3.47. The van der Waals surface area contributed by atoms with E-state index in [1.165, 1.54) is 32.4 Å². The number of aromatic nitrogens is 3. The second kappa shape index (κ2) is 5.21. The van der Waals surface area contributed by atoms with Crippen molar-refractivity contribution >= 4 is 38.7 Å². The van der Waals surface area contributed by atoms with Gasteiger partial charge in [-0.3, -0.25) is 4.90 Å². The summed E-state index contributed by atoms with van der Waals surface area (Å²) in [7, 11) is 0. The van der Waals surface area contributed by atoms with E-state index in [1.54, 1.807) is 0 Å². The lowest BCUT2D eigenvalue weighted by Gasteiger charge is -2.24. The van der Waals surface area contributed by atoms with E-state index in [1.807, 2.05) is 19.2 Å². The van der Waals surface area contributed by atoms with Crippen LogP contribution in [0.15, 0.2) is 16.7 Å². The van der Waals surface area contributed by atoms with Gasteiger partial charge >= 0.3 is 0 Å². The van der Waals surface area contributed by atoms with Gasteiger partial charge in [0, 0.05) is 23.3 Å². The molecular formula is C15H18BrClN4. The molecule has 2 aliphatic heterocycles. The molecule has 0 radical (unpaired) electrons. The average molecular weight is 370 g/mol. The second-order valence-corrected chi connectivity index (χ2v) is 7.62. The summed E-state index contributed by atoms with van der Waals surface area (Å²) in [5, 5.41) is -0.103. The highest BCUT2D eigenvalue weighted by molar-refractivity contribution is 9.10. The molecule has 0 aliphatic carbocycles. The lowest BCUT2D eigenvalue weighted by atomic mass is 10.1. The summed E-state index contributed by atoms with van der Waals surface area (Å²) in [4.78, 5) is 12.0. The van der Waals surface area contributed by atoms with Crippen molar-refractivity contribution in [1.82, 2.24) is 19.4 Å². The van der Waals surface area contributed by atoms with Crippen molar-refractivity contribution in [2.75, 3.05) is 13.1 Å². The van der Waals surface area contributed by atoms with Crippen molar-refractivity contribution in [3.8, 4) is 0 Å². The molecule has 0 aromatic carbocycles. The molecule has 0 N–H and O–H groups in total. The Morgan fingerprint density at radius 2 is 2.19 bits per heavy atom. The first-order valence-corrected chi connectivity index (χ1v) is 8.79. The number of halogens is 2. The van der Waals surface area contributed by atoms with Crippen molar-refractivity contribution in [3.05, 3.63) is 22.6 Å². The van der Waals surface area contributed by atoms with E-state index in [2.05, 4.69) is 30.4 Å². The molecule has 0 bridgehead atoms. The molecule has 2 aromatic rings. The normalized spacial score (nSPS) is 27.4. The summed E-state index contributed by atoms with van der Waals surface area (Å²) >= 11 is 9.88. The Labute approximate surface area is 137 Å². The van der Waals surface area contributed by atoms with Crippen molar-refractivity contribution in [2.24, 2.45) is 0 Å². The first-order valence-electron chi connectivity index (χ1n) is 7.56. The van der Waals surface area contributed by atoms with E-state index in [0.717, 1.165) is 21.5 Å². The Hall–Kier alpha value is -0.650. The average Bonchev–Trinajstić information content (AvgIpc) is 3.10. The van der Waals surface area contributed by atoms with E-state index < -0.39 is 0 Å². The third kappa shape index (κ3) is 2.21. The van der Waals surface area contributed by atoms with Crippen LogP contribution >= 0.6 is 27.5 Å². The van der Waals surface area contributed by atoms with Gasteiger partial charge in [0.15, 0.2) is 5.65 Å². The molecule has 6 heteroatoms. The van der Waals surface area contributed by atoms with Gasteiger partial charge in [-0.15, -0.1) is 11.6 Å². The Morgan fingerprint density at radius 1 is 1.33 bits per heavy atom. The van der Waals surface area contributed by atoms with Gasteiger partial charge in [0.2, 0.25) is 0 Å². The molecule has 3 unspecified atom stereocenters. The van der Waals surface area contributed by atoms with Crippen molar-refractivity contribution in [1.29, 1.82) is 0 Å². The van der Waals surface area contributed by atoms with Gasteiger partial charge < -0.3 is 4.57 Å². The first-order chi connectivity index (χ1) is 10.1. The molecular weight excluding hydrogens is 352 g/mol. The van der Waals surface area contributed by atoms with E-state index in [-0.39, 0.29) is 5.38 Å². The summed E-state index contributed by atoms with van der Waals surface area (Å²) < 4.78 is 3.28. The number of pyridine rings is 1. The third-order valence-corrected chi connectivity index (χ3v) is 5.41. The van der Waals surface area contributed by atoms with Crippen LogP contribution in [0.5, 0.6) is 0 Å². The largest absolute Gasteiger partial charge is 0.307 e. The van der Waals surface area contributed by atoms with Crippen molar-refractivity contribution < 1.29 is 0 Å². The minimum Gasteiger partial charge on any atom is -0.307 e. The molecule has 112 valence electrons. The first kappa shape index (κ1) is 14.0. The second-order valence-electron chi connectivity index (χ2n) is 6.05. The maximum atomic E-state index is 6.40. The maximum absolute atomic E-state index is 6.40. The molecule has 2 aliphatic rings. The van der Waals surface area contributed by atoms with Crippen molar-refractivity contribution in [2.45, 2.75) is 43.6 Å². The minimum absolute atomic E-state index is 0.103. The lowest BCUT2D eigenvalue weighted by Crippen LogP contribution is -2.28.